The molecule has 0 unspecified atom stereocenters. The second-order valence-electron chi connectivity index (χ2n) is 4.13. The summed E-state index contributed by atoms with van der Waals surface area (Å²) in [5.74, 6) is 0.549. The third-order valence-electron chi connectivity index (χ3n) is 2.83. The number of ether oxygens (including phenoxy) is 1. The lowest BCUT2D eigenvalue weighted by molar-refractivity contribution is 0.299. The Morgan fingerprint density at radius 2 is 1.76 bits per heavy atom. The Hall–Kier alpha value is -1.83. The van der Waals surface area contributed by atoms with Crippen molar-refractivity contribution in [2.24, 2.45) is 0 Å². The van der Waals surface area contributed by atoms with Crippen LogP contribution in [0.15, 0.2) is 42.5 Å². The second kappa shape index (κ2) is 5.00. The van der Waals surface area contributed by atoms with E-state index >= 15 is 0 Å². The minimum atomic E-state index is -0.226. The molecule has 0 aliphatic heterocycles. The maximum absolute atomic E-state index is 13.4. The zero-order valence-corrected chi connectivity index (χ0v) is 10.0. The lowest BCUT2D eigenvalue weighted by Crippen LogP contribution is -1.98. The number of aryl methyl sites for hydroxylation is 2. The molecule has 2 heteroatoms. The molecular weight excluding hydrogens is 215 g/mol. The number of rotatable bonds is 3. The van der Waals surface area contributed by atoms with E-state index in [2.05, 4.69) is 6.92 Å². The summed E-state index contributed by atoms with van der Waals surface area (Å²) in [6, 6.07) is 12.5. The number of halogens is 1. The maximum Gasteiger partial charge on any atom is 0.129 e. The average Bonchev–Trinajstić information content (AvgIpc) is 2.32. The summed E-state index contributed by atoms with van der Waals surface area (Å²) in [5.41, 5.74) is 2.98. The van der Waals surface area contributed by atoms with Crippen LogP contribution < -0.4 is 4.74 Å². The molecule has 0 radical (unpaired) electrons. The first-order chi connectivity index (χ1) is 8.16. The number of hydrogen-bond acceptors (Lipinski definition) is 1. The van der Waals surface area contributed by atoms with Crippen molar-refractivity contribution < 1.29 is 9.13 Å². The van der Waals surface area contributed by atoms with Gasteiger partial charge in [0.2, 0.25) is 0 Å². The van der Waals surface area contributed by atoms with E-state index in [1.165, 1.54) is 17.2 Å². The van der Waals surface area contributed by atoms with Crippen LogP contribution in [0, 0.1) is 19.7 Å². The van der Waals surface area contributed by atoms with Crippen molar-refractivity contribution in [1.82, 2.24) is 0 Å². The van der Waals surface area contributed by atoms with Gasteiger partial charge in [-0.3, -0.25) is 0 Å². The van der Waals surface area contributed by atoms with Crippen molar-refractivity contribution in [3.05, 3.63) is 65.0 Å². The molecule has 2 rings (SSSR count). The summed E-state index contributed by atoms with van der Waals surface area (Å²) in [6.45, 7) is 4.34. The molecule has 0 aromatic heterocycles. The zero-order chi connectivity index (χ0) is 12.3. The predicted molar refractivity (Wildman–Crippen MR) is 66.6 cm³/mol. The Kier molecular flexibility index (Phi) is 3.43. The zero-order valence-electron chi connectivity index (χ0n) is 10.0. The van der Waals surface area contributed by atoms with Crippen LogP contribution >= 0.6 is 0 Å². The summed E-state index contributed by atoms with van der Waals surface area (Å²) in [7, 11) is 0. The van der Waals surface area contributed by atoms with Crippen molar-refractivity contribution in [2.45, 2.75) is 20.5 Å². The normalized spacial score (nSPS) is 10.3. The fraction of sp³-hybridized carbons (Fsp3) is 0.200. The van der Waals surface area contributed by atoms with Crippen molar-refractivity contribution in [1.29, 1.82) is 0 Å². The molecule has 0 fully saturated rings. The third-order valence-corrected chi connectivity index (χ3v) is 2.83. The fourth-order valence-electron chi connectivity index (χ4n) is 1.58. The molecule has 0 saturated heterocycles. The Balaban J connectivity index is 2.08. The molecule has 17 heavy (non-hydrogen) atoms. The SMILES string of the molecule is Cc1ccc(OCc2ccccc2F)cc1C. The largest absolute Gasteiger partial charge is 0.489 e. The smallest absolute Gasteiger partial charge is 0.129 e. The second-order valence-corrected chi connectivity index (χ2v) is 4.13. The average molecular weight is 230 g/mol. The molecule has 1 nitrogen and oxygen atoms in total. The van der Waals surface area contributed by atoms with Gasteiger partial charge in [-0.25, -0.2) is 4.39 Å². The summed E-state index contributed by atoms with van der Waals surface area (Å²) in [4.78, 5) is 0. The maximum atomic E-state index is 13.4. The van der Waals surface area contributed by atoms with Gasteiger partial charge in [0.1, 0.15) is 18.2 Å². The Morgan fingerprint density at radius 1 is 1.00 bits per heavy atom. The van der Waals surface area contributed by atoms with Crippen LogP contribution in [0.1, 0.15) is 16.7 Å². The van der Waals surface area contributed by atoms with Crippen LogP contribution in [0.4, 0.5) is 4.39 Å². The quantitative estimate of drug-likeness (QED) is 0.773. The Bertz CT molecular complexity index is 520. The van der Waals surface area contributed by atoms with E-state index in [1.807, 2.05) is 31.2 Å². The first kappa shape index (κ1) is 11.6. The van der Waals surface area contributed by atoms with E-state index in [-0.39, 0.29) is 12.4 Å². The minimum Gasteiger partial charge on any atom is -0.489 e. The molecule has 0 N–H and O–H groups in total. The molecular formula is C15H15FO. The van der Waals surface area contributed by atoms with E-state index in [0.29, 0.717) is 5.56 Å². The summed E-state index contributed by atoms with van der Waals surface area (Å²) >= 11 is 0. The molecule has 0 spiro atoms. The van der Waals surface area contributed by atoms with Crippen LogP contribution in [0.25, 0.3) is 0 Å². The molecule has 0 saturated carbocycles. The van der Waals surface area contributed by atoms with Gasteiger partial charge in [-0.1, -0.05) is 24.3 Å². The predicted octanol–water partition coefficient (Wildman–Crippen LogP) is 4.02. The van der Waals surface area contributed by atoms with Crippen LogP contribution in [-0.4, -0.2) is 0 Å². The van der Waals surface area contributed by atoms with Crippen LogP contribution in [0.2, 0.25) is 0 Å². The molecule has 0 amide bonds. The van der Waals surface area contributed by atoms with Gasteiger partial charge in [0.05, 0.1) is 0 Å². The van der Waals surface area contributed by atoms with E-state index < -0.39 is 0 Å². The molecule has 0 heterocycles. The van der Waals surface area contributed by atoms with Gasteiger partial charge in [-0.15, -0.1) is 0 Å². The first-order valence-corrected chi connectivity index (χ1v) is 5.60. The van der Waals surface area contributed by atoms with Gasteiger partial charge in [-0.05, 0) is 43.2 Å². The molecule has 2 aromatic rings. The highest BCUT2D eigenvalue weighted by atomic mass is 19.1. The highest BCUT2D eigenvalue weighted by molar-refractivity contribution is 5.34. The van der Waals surface area contributed by atoms with Gasteiger partial charge in [-0.2, -0.15) is 0 Å². The van der Waals surface area contributed by atoms with Gasteiger partial charge in [0.15, 0.2) is 0 Å². The van der Waals surface area contributed by atoms with E-state index in [1.54, 1.807) is 12.1 Å². The summed E-state index contributed by atoms with van der Waals surface area (Å²) in [5, 5.41) is 0. The summed E-state index contributed by atoms with van der Waals surface area (Å²) < 4.78 is 18.9. The highest BCUT2D eigenvalue weighted by Crippen LogP contribution is 2.18. The van der Waals surface area contributed by atoms with E-state index in [0.717, 1.165) is 5.75 Å². The lowest BCUT2D eigenvalue weighted by atomic mass is 10.1. The first-order valence-electron chi connectivity index (χ1n) is 5.60. The third kappa shape index (κ3) is 2.84. The van der Waals surface area contributed by atoms with Gasteiger partial charge in [0.25, 0.3) is 0 Å². The molecule has 0 aliphatic rings. The molecule has 0 aliphatic carbocycles. The van der Waals surface area contributed by atoms with Gasteiger partial charge >= 0.3 is 0 Å². The van der Waals surface area contributed by atoms with Crippen molar-refractivity contribution >= 4 is 0 Å². The topological polar surface area (TPSA) is 9.23 Å². The van der Waals surface area contributed by atoms with E-state index in [4.69, 9.17) is 4.74 Å². The van der Waals surface area contributed by atoms with E-state index in [9.17, 15) is 4.39 Å². The fourth-order valence-corrected chi connectivity index (χ4v) is 1.58. The number of hydrogen-bond donors (Lipinski definition) is 0. The van der Waals surface area contributed by atoms with Crippen molar-refractivity contribution in [3.63, 3.8) is 0 Å². The van der Waals surface area contributed by atoms with Crippen LogP contribution in [0.3, 0.4) is 0 Å². The highest BCUT2D eigenvalue weighted by Gasteiger charge is 2.02. The van der Waals surface area contributed by atoms with Crippen LogP contribution in [0.5, 0.6) is 5.75 Å². The molecule has 88 valence electrons. The molecule has 0 bridgehead atoms. The van der Waals surface area contributed by atoms with Crippen LogP contribution in [-0.2, 0) is 6.61 Å². The van der Waals surface area contributed by atoms with Crippen molar-refractivity contribution in [2.75, 3.05) is 0 Å². The standard InChI is InChI=1S/C15H15FO/c1-11-7-8-14(9-12(11)2)17-10-13-5-3-4-6-15(13)16/h3-9H,10H2,1-2H3. The minimum absolute atomic E-state index is 0.226. The van der Waals surface area contributed by atoms with Gasteiger partial charge in [0, 0.05) is 5.56 Å². The number of benzene rings is 2. The van der Waals surface area contributed by atoms with Gasteiger partial charge < -0.3 is 4.74 Å². The monoisotopic (exact) mass is 230 g/mol. The Labute approximate surface area is 101 Å². The van der Waals surface area contributed by atoms with Crippen molar-refractivity contribution in [3.8, 4) is 5.75 Å². The molecule has 0 atom stereocenters. The lowest BCUT2D eigenvalue weighted by Gasteiger charge is -2.08. The molecule has 2 aromatic carbocycles. The summed E-state index contributed by atoms with van der Waals surface area (Å²) in [6.07, 6.45) is 0. The Morgan fingerprint density at radius 3 is 2.47 bits per heavy atom.